The number of carbonyl (C=O) groups is 1. The van der Waals surface area contributed by atoms with E-state index in [1.54, 1.807) is 0 Å². The monoisotopic (exact) mass is 315 g/mol. The molecule has 5 nitrogen and oxygen atoms in total. The van der Waals surface area contributed by atoms with Gasteiger partial charge in [0.1, 0.15) is 6.61 Å². The fourth-order valence-corrected chi connectivity index (χ4v) is 2.35. The van der Waals surface area contributed by atoms with Crippen LogP contribution in [0.2, 0.25) is 0 Å². The summed E-state index contributed by atoms with van der Waals surface area (Å²) < 4.78 is 16.3. The summed E-state index contributed by atoms with van der Waals surface area (Å²) >= 11 is 0. The molecule has 0 radical (unpaired) electrons. The zero-order valence-corrected chi connectivity index (χ0v) is 14.3. The summed E-state index contributed by atoms with van der Waals surface area (Å²) in [5.74, 6) is 1.02. The maximum absolute atomic E-state index is 11.0. The van der Waals surface area contributed by atoms with Gasteiger partial charge in [-0.25, -0.2) is 0 Å². The standard InChI is InChI=1S/C17H33NO4/c1-3-17(19)15-22-14-13-21-11-4-10-20-12-9-18-7-5-16(2)6-8-18/h16H,3-15H2,1-2H3. The molecule has 0 atom stereocenters. The summed E-state index contributed by atoms with van der Waals surface area (Å²) in [6.07, 6.45) is 4.08. The normalized spacial score (nSPS) is 17.0. The van der Waals surface area contributed by atoms with Crippen LogP contribution in [0.3, 0.4) is 0 Å². The van der Waals surface area contributed by atoms with Gasteiger partial charge in [0.2, 0.25) is 0 Å². The molecule has 0 amide bonds. The molecular weight excluding hydrogens is 282 g/mol. The Morgan fingerprint density at radius 3 is 2.32 bits per heavy atom. The Balaban J connectivity index is 1.76. The summed E-state index contributed by atoms with van der Waals surface area (Å²) in [4.78, 5) is 13.5. The van der Waals surface area contributed by atoms with Crippen molar-refractivity contribution in [3.8, 4) is 0 Å². The number of carbonyl (C=O) groups excluding carboxylic acids is 1. The lowest BCUT2D eigenvalue weighted by atomic mass is 9.99. The van der Waals surface area contributed by atoms with E-state index in [-0.39, 0.29) is 12.4 Å². The number of ether oxygens (including phenoxy) is 3. The fourth-order valence-electron chi connectivity index (χ4n) is 2.35. The van der Waals surface area contributed by atoms with E-state index in [1.165, 1.54) is 25.9 Å². The minimum atomic E-state index is 0.136. The second kappa shape index (κ2) is 13.0. The molecule has 1 rings (SSSR count). The zero-order chi connectivity index (χ0) is 16.0. The molecule has 0 aromatic heterocycles. The van der Waals surface area contributed by atoms with Crippen molar-refractivity contribution in [1.82, 2.24) is 4.90 Å². The van der Waals surface area contributed by atoms with Crippen LogP contribution >= 0.6 is 0 Å². The van der Waals surface area contributed by atoms with Gasteiger partial charge >= 0.3 is 0 Å². The quantitative estimate of drug-likeness (QED) is 0.487. The second-order valence-electron chi connectivity index (χ2n) is 6.05. The smallest absolute Gasteiger partial charge is 0.158 e. The summed E-state index contributed by atoms with van der Waals surface area (Å²) in [5.41, 5.74) is 0. The Kier molecular flexibility index (Phi) is 11.6. The predicted molar refractivity (Wildman–Crippen MR) is 87.2 cm³/mol. The maximum atomic E-state index is 11.0. The van der Waals surface area contributed by atoms with E-state index in [9.17, 15) is 4.79 Å². The summed E-state index contributed by atoms with van der Waals surface area (Å²) in [6.45, 7) is 11.1. The highest BCUT2D eigenvalue weighted by Crippen LogP contribution is 2.15. The third kappa shape index (κ3) is 10.3. The van der Waals surface area contributed by atoms with E-state index in [0.717, 1.165) is 32.1 Å². The number of hydrogen-bond donors (Lipinski definition) is 0. The Morgan fingerprint density at radius 1 is 1.00 bits per heavy atom. The number of hydrogen-bond acceptors (Lipinski definition) is 5. The first-order chi connectivity index (χ1) is 10.7. The van der Waals surface area contributed by atoms with Gasteiger partial charge < -0.3 is 19.1 Å². The van der Waals surface area contributed by atoms with Gasteiger partial charge in [-0.1, -0.05) is 13.8 Å². The van der Waals surface area contributed by atoms with Crippen LogP contribution in [0.25, 0.3) is 0 Å². The van der Waals surface area contributed by atoms with Crippen LogP contribution in [0.4, 0.5) is 0 Å². The van der Waals surface area contributed by atoms with Gasteiger partial charge in [0, 0.05) is 26.2 Å². The van der Waals surface area contributed by atoms with Crippen molar-refractivity contribution in [3.63, 3.8) is 0 Å². The predicted octanol–water partition coefficient (Wildman–Crippen LogP) is 2.14. The SMILES string of the molecule is CCC(=O)COCCOCCCOCCN1CCC(C)CC1. The third-order valence-electron chi connectivity index (χ3n) is 4.03. The van der Waals surface area contributed by atoms with Crippen molar-refractivity contribution in [2.75, 3.05) is 59.3 Å². The average molecular weight is 315 g/mol. The van der Waals surface area contributed by atoms with E-state index >= 15 is 0 Å². The highest BCUT2D eigenvalue weighted by atomic mass is 16.5. The van der Waals surface area contributed by atoms with E-state index in [1.807, 2.05) is 6.92 Å². The highest BCUT2D eigenvalue weighted by Gasteiger charge is 2.14. The van der Waals surface area contributed by atoms with Crippen LogP contribution in [-0.2, 0) is 19.0 Å². The van der Waals surface area contributed by atoms with Crippen molar-refractivity contribution in [1.29, 1.82) is 0 Å². The van der Waals surface area contributed by atoms with Gasteiger partial charge in [-0.2, -0.15) is 0 Å². The number of rotatable bonds is 13. The molecule has 0 aliphatic carbocycles. The molecule has 0 aromatic carbocycles. The van der Waals surface area contributed by atoms with Crippen molar-refractivity contribution >= 4 is 5.78 Å². The van der Waals surface area contributed by atoms with Gasteiger partial charge in [0.05, 0.1) is 19.8 Å². The number of ketones is 1. The van der Waals surface area contributed by atoms with Gasteiger partial charge in [0.25, 0.3) is 0 Å². The molecule has 130 valence electrons. The summed E-state index contributed by atoms with van der Waals surface area (Å²) in [7, 11) is 0. The Hall–Kier alpha value is -0.490. The lowest BCUT2D eigenvalue weighted by molar-refractivity contribution is -0.123. The Bertz CT molecular complexity index is 278. The highest BCUT2D eigenvalue weighted by molar-refractivity contribution is 5.79. The molecule has 0 aromatic rings. The van der Waals surface area contributed by atoms with Gasteiger partial charge in [-0.05, 0) is 38.3 Å². The molecule has 1 aliphatic rings. The number of Topliss-reactive ketones (excluding diaryl/α,β-unsaturated/α-hetero) is 1. The van der Waals surface area contributed by atoms with Crippen LogP contribution in [0, 0.1) is 5.92 Å². The van der Waals surface area contributed by atoms with E-state index < -0.39 is 0 Å². The number of nitrogens with zero attached hydrogens (tertiary/aromatic N) is 1. The number of piperidine rings is 1. The first-order valence-electron chi connectivity index (χ1n) is 8.69. The molecule has 5 heteroatoms. The van der Waals surface area contributed by atoms with Gasteiger partial charge in [-0.3, -0.25) is 4.79 Å². The minimum Gasteiger partial charge on any atom is -0.380 e. The molecule has 22 heavy (non-hydrogen) atoms. The van der Waals surface area contributed by atoms with Crippen molar-refractivity contribution in [3.05, 3.63) is 0 Å². The van der Waals surface area contributed by atoms with E-state index in [0.29, 0.717) is 26.2 Å². The molecule has 0 saturated carbocycles. The Labute approximate surface area is 135 Å². The van der Waals surface area contributed by atoms with Crippen LogP contribution in [0.5, 0.6) is 0 Å². The molecule has 1 aliphatic heterocycles. The van der Waals surface area contributed by atoms with Crippen molar-refractivity contribution < 1.29 is 19.0 Å². The van der Waals surface area contributed by atoms with Gasteiger partial charge in [0.15, 0.2) is 5.78 Å². The third-order valence-corrected chi connectivity index (χ3v) is 4.03. The lowest BCUT2D eigenvalue weighted by Crippen LogP contribution is -2.35. The zero-order valence-electron chi connectivity index (χ0n) is 14.3. The van der Waals surface area contributed by atoms with Crippen LogP contribution in [0.15, 0.2) is 0 Å². The Morgan fingerprint density at radius 2 is 1.64 bits per heavy atom. The first kappa shape index (κ1) is 19.6. The minimum absolute atomic E-state index is 0.136. The maximum Gasteiger partial charge on any atom is 0.158 e. The molecular formula is C17H33NO4. The van der Waals surface area contributed by atoms with Gasteiger partial charge in [-0.15, -0.1) is 0 Å². The van der Waals surface area contributed by atoms with Crippen LogP contribution < -0.4 is 0 Å². The first-order valence-corrected chi connectivity index (χ1v) is 8.69. The van der Waals surface area contributed by atoms with Crippen molar-refractivity contribution in [2.24, 2.45) is 5.92 Å². The molecule has 1 heterocycles. The average Bonchev–Trinajstić information content (AvgIpc) is 2.54. The van der Waals surface area contributed by atoms with Crippen molar-refractivity contribution in [2.45, 2.75) is 39.5 Å². The molecule has 1 saturated heterocycles. The largest absolute Gasteiger partial charge is 0.380 e. The number of likely N-dealkylation sites (tertiary alicyclic amines) is 1. The molecule has 0 N–H and O–H groups in total. The van der Waals surface area contributed by atoms with E-state index in [4.69, 9.17) is 14.2 Å². The topological polar surface area (TPSA) is 48.0 Å². The second-order valence-corrected chi connectivity index (χ2v) is 6.05. The molecule has 0 bridgehead atoms. The lowest BCUT2D eigenvalue weighted by Gasteiger charge is -2.29. The van der Waals surface area contributed by atoms with E-state index in [2.05, 4.69) is 11.8 Å². The fraction of sp³-hybridized carbons (Fsp3) is 0.941. The van der Waals surface area contributed by atoms with Crippen LogP contribution in [0.1, 0.15) is 39.5 Å². The summed E-state index contributed by atoms with van der Waals surface area (Å²) in [5, 5.41) is 0. The van der Waals surface area contributed by atoms with Crippen LogP contribution in [-0.4, -0.2) is 70.0 Å². The molecule has 1 fully saturated rings. The summed E-state index contributed by atoms with van der Waals surface area (Å²) in [6, 6.07) is 0. The molecule has 0 unspecified atom stereocenters. The molecule has 0 spiro atoms.